The summed E-state index contributed by atoms with van der Waals surface area (Å²) in [5, 5.41) is 9.79. The van der Waals surface area contributed by atoms with Crippen LogP contribution in [0.3, 0.4) is 0 Å². The molecule has 78 valence electrons. The van der Waals surface area contributed by atoms with E-state index in [1.165, 1.54) is 0 Å². The fraction of sp³-hybridized carbons (Fsp3) is 0.250. The van der Waals surface area contributed by atoms with Crippen molar-refractivity contribution in [2.24, 2.45) is 0 Å². The molecule has 2 rings (SSSR count). The Labute approximate surface area is 88.4 Å². The molecule has 0 spiro atoms. The second-order valence-corrected chi connectivity index (χ2v) is 3.47. The highest BCUT2D eigenvalue weighted by Crippen LogP contribution is 2.18. The lowest BCUT2D eigenvalue weighted by atomic mass is 10.1. The Balaban J connectivity index is 1.89. The molecule has 0 aromatic carbocycles. The molecule has 0 fully saturated rings. The van der Waals surface area contributed by atoms with Crippen molar-refractivity contribution in [1.29, 1.82) is 0 Å². The molecule has 2 aromatic rings. The maximum Gasteiger partial charge on any atom is 0.0960 e. The summed E-state index contributed by atoms with van der Waals surface area (Å²) in [7, 11) is 0. The molecule has 1 N–H and O–H groups in total. The highest BCUT2D eigenvalue weighted by atomic mass is 16.3. The molecule has 0 bridgehead atoms. The van der Waals surface area contributed by atoms with Gasteiger partial charge in [-0.1, -0.05) is 6.07 Å². The van der Waals surface area contributed by atoms with Gasteiger partial charge in [0.2, 0.25) is 0 Å². The van der Waals surface area contributed by atoms with Crippen LogP contribution in [0.25, 0.3) is 0 Å². The number of aliphatic hydroxyl groups is 1. The summed E-state index contributed by atoms with van der Waals surface area (Å²) in [5.74, 6) is 0. The smallest absolute Gasteiger partial charge is 0.0960 e. The molecule has 0 saturated heterocycles. The lowest BCUT2D eigenvalue weighted by Gasteiger charge is -2.07. The zero-order valence-corrected chi connectivity index (χ0v) is 8.34. The van der Waals surface area contributed by atoms with Gasteiger partial charge in [-0.25, -0.2) is 0 Å². The molecule has 15 heavy (non-hydrogen) atoms. The highest BCUT2D eigenvalue weighted by Gasteiger charge is 2.08. The molecule has 3 heteroatoms. The van der Waals surface area contributed by atoms with E-state index in [9.17, 15) is 5.11 Å². The van der Waals surface area contributed by atoms with Gasteiger partial charge in [-0.3, -0.25) is 4.98 Å². The molecule has 0 aliphatic heterocycles. The molecule has 2 heterocycles. The van der Waals surface area contributed by atoms with Gasteiger partial charge in [0, 0.05) is 18.0 Å². The first-order valence-corrected chi connectivity index (χ1v) is 4.95. The molecule has 0 aliphatic rings. The Hall–Kier alpha value is -1.61. The zero-order chi connectivity index (χ0) is 10.5. The van der Waals surface area contributed by atoms with Crippen molar-refractivity contribution in [2.75, 3.05) is 0 Å². The molecule has 1 unspecified atom stereocenters. The van der Waals surface area contributed by atoms with E-state index < -0.39 is 6.10 Å². The van der Waals surface area contributed by atoms with Crippen molar-refractivity contribution in [3.8, 4) is 0 Å². The first-order valence-electron chi connectivity index (χ1n) is 4.95. The van der Waals surface area contributed by atoms with Crippen LogP contribution in [-0.4, -0.2) is 10.1 Å². The number of aliphatic hydroxyl groups excluding tert-OH is 1. The van der Waals surface area contributed by atoms with Crippen molar-refractivity contribution in [2.45, 2.75) is 18.9 Å². The Morgan fingerprint density at radius 2 is 2.33 bits per heavy atom. The van der Waals surface area contributed by atoms with E-state index >= 15 is 0 Å². The van der Waals surface area contributed by atoms with Gasteiger partial charge in [-0.2, -0.15) is 0 Å². The topological polar surface area (TPSA) is 46.3 Å². The number of furan rings is 1. The second-order valence-electron chi connectivity index (χ2n) is 3.47. The van der Waals surface area contributed by atoms with Gasteiger partial charge < -0.3 is 9.52 Å². The summed E-state index contributed by atoms with van der Waals surface area (Å²) in [5.41, 5.74) is 1.97. The standard InChI is InChI=1S/C12H13NO2/c14-12(11-5-7-15-9-11)4-3-10-2-1-6-13-8-10/h1-2,5-9,12,14H,3-4H2. The van der Waals surface area contributed by atoms with E-state index in [0.29, 0.717) is 6.42 Å². The van der Waals surface area contributed by atoms with E-state index in [-0.39, 0.29) is 0 Å². The van der Waals surface area contributed by atoms with Crippen LogP contribution in [0.5, 0.6) is 0 Å². The second kappa shape index (κ2) is 4.75. The van der Waals surface area contributed by atoms with Crippen LogP contribution < -0.4 is 0 Å². The average molecular weight is 203 g/mol. The first kappa shape index (κ1) is 9.93. The van der Waals surface area contributed by atoms with Gasteiger partial charge >= 0.3 is 0 Å². The lowest BCUT2D eigenvalue weighted by molar-refractivity contribution is 0.167. The molecule has 0 amide bonds. The highest BCUT2D eigenvalue weighted by molar-refractivity contribution is 5.12. The fourth-order valence-corrected chi connectivity index (χ4v) is 1.48. The lowest BCUT2D eigenvalue weighted by Crippen LogP contribution is -1.98. The third kappa shape index (κ3) is 2.67. The number of hydrogen-bond acceptors (Lipinski definition) is 3. The van der Waals surface area contributed by atoms with Crippen molar-refractivity contribution in [3.05, 3.63) is 54.2 Å². The van der Waals surface area contributed by atoms with E-state index in [2.05, 4.69) is 4.98 Å². The molecule has 3 nitrogen and oxygen atoms in total. The maximum absolute atomic E-state index is 9.79. The Kier molecular flexibility index (Phi) is 3.15. The van der Waals surface area contributed by atoms with Crippen molar-refractivity contribution in [1.82, 2.24) is 4.98 Å². The SMILES string of the molecule is OC(CCc1cccnc1)c1ccoc1. The number of nitrogens with zero attached hydrogens (tertiary/aromatic N) is 1. The normalized spacial score (nSPS) is 12.6. The number of aryl methyl sites for hydroxylation is 1. The predicted molar refractivity (Wildman–Crippen MR) is 56.2 cm³/mol. The molecule has 0 saturated carbocycles. The summed E-state index contributed by atoms with van der Waals surface area (Å²) in [4.78, 5) is 4.03. The van der Waals surface area contributed by atoms with Gasteiger partial charge in [0.05, 0.1) is 18.6 Å². The van der Waals surface area contributed by atoms with Crippen LogP contribution in [-0.2, 0) is 6.42 Å². The van der Waals surface area contributed by atoms with Crippen molar-refractivity contribution in [3.63, 3.8) is 0 Å². The summed E-state index contributed by atoms with van der Waals surface area (Å²) >= 11 is 0. The Bertz CT molecular complexity index is 383. The van der Waals surface area contributed by atoms with E-state index in [1.54, 1.807) is 24.8 Å². The van der Waals surface area contributed by atoms with Crippen LogP contribution in [0, 0.1) is 0 Å². The van der Waals surface area contributed by atoms with Crippen molar-refractivity contribution < 1.29 is 9.52 Å². The molecular formula is C12H13NO2. The number of hydrogen-bond donors (Lipinski definition) is 1. The van der Waals surface area contributed by atoms with Gasteiger partial charge in [0.15, 0.2) is 0 Å². The minimum atomic E-state index is -0.455. The monoisotopic (exact) mass is 203 g/mol. The molecular weight excluding hydrogens is 190 g/mol. The molecule has 2 aromatic heterocycles. The third-order valence-electron chi connectivity index (χ3n) is 2.36. The number of pyridine rings is 1. The first-order chi connectivity index (χ1) is 7.36. The van der Waals surface area contributed by atoms with Crippen LogP contribution in [0.15, 0.2) is 47.5 Å². The average Bonchev–Trinajstić information content (AvgIpc) is 2.81. The third-order valence-corrected chi connectivity index (χ3v) is 2.36. The molecule has 1 atom stereocenters. The van der Waals surface area contributed by atoms with Crippen LogP contribution in [0.2, 0.25) is 0 Å². The van der Waals surface area contributed by atoms with Gasteiger partial charge in [0.25, 0.3) is 0 Å². The quantitative estimate of drug-likeness (QED) is 0.829. The summed E-state index contributed by atoms with van der Waals surface area (Å²) < 4.78 is 4.92. The minimum Gasteiger partial charge on any atom is -0.472 e. The van der Waals surface area contributed by atoms with Crippen LogP contribution in [0.4, 0.5) is 0 Å². The number of rotatable bonds is 4. The minimum absolute atomic E-state index is 0.455. The summed E-state index contributed by atoms with van der Waals surface area (Å²) in [6, 6.07) is 5.70. The maximum atomic E-state index is 9.79. The van der Waals surface area contributed by atoms with Crippen LogP contribution >= 0.6 is 0 Å². The predicted octanol–water partition coefficient (Wildman–Crippen LogP) is 2.34. The van der Waals surface area contributed by atoms with Gasteiger partial charge in [-0.15, -0.1) is 0 Å². The Morgan fingerprint density at radius 3 is 3.00 bits per heavy atom. The molecule has 0 aliphatic carbocycles. The van der Waals surface area contributed by atoms with E-state index in [1.807, 2.05) is 18.3 Å². The fourth-order valence-electron chi connectivity index (χ4n) is 1.48. The van der Waals surface area contributed by atoms with E-state index in [4.69, 9.17) is 4.42 Å². The van der Waals surface area contributed by atoms with Crippen molar-refractivity contribution >= 4 is 0 Å². The Morgan fingerprint density at radius 1 is 1.40 bits per heavy atom. The summed E-state index contributed by atoms with van der Waals surface area (Å²) in [6.07, 6.45) is 7.77. The largest absolute Gasteiger partial charge is 0.472 e. The molecule has 0 radical (unpaired) electrons. The van der Waals surface area contributed by atoms with Gasteiger partial charge in [0.1, 0.15) is 0 Å². The summed E-state index contributed by atoms with van der Waals surface area (Å²) in [6.45, 7) is 0. The van der Waals surface area contributed by atoms with Crippen LogP contribution in [0.1, 0.15) is 23.7 Å². The van der Waals surface area contributed by atoms with E-state index in [0.717, 1.165) is 17.5 Å². The van der Waals surface area contributed by atoms with Gasteiger partial charge in [-0.05, 0) is 30.5 Å². The zero-order valence-electron chi connectivity index (χ0n) is 8.34. The number of aromatic nitrogens is 1.